The summed E-state index contributed by atoms with van der Waals surface area (Å²) in [5, 5.41) is 2.05. The lowest BCUT2D eigenvalue weighted by Crippen LogP contribution is -2.14. The van der Waals surface area contributed by atoms with E-state index in [-0.39, 0.29) is 12.1 Å². The predicted octanol–water partition coefficient (Wildman–Crippen LogP) is 4.58. The van der Waals surface area contributed by atoms with Gasteiger partial charge in [-0.25, -0.2) is 4.98 Å². The molecule has 0 aliphatic rings. The molecule has 2 aromatic heterocycles. The molecule has 0 bridgehead atoms. The van der Waals surface area contributed by atoms with Crippen molar-refractivity contribution in [3.63, 3.8) is 0 Å². The minimum Gasteiger partial charge on any atom is -0.326 e. The molecule has 130 valence electrons. The van der Waals surface area contributed by atoms with Crippen LogP contribution in [0.5, 0.6) is 0 Å². The summed E-state index contributed by atoms with van der Waals surface area (Å²) in [5.41, 5.74) is -0.0219. The van der Waals surface area contributed by atoms with Gasteiger partial charge >= 0.3 is 6.18 Å². The van der Waals surface area contributed by atoms with E-state index in [0.29, 0.717) is 12.2 Å². The first-order valence-corrected chi connectivity index (χ1v) is 7.80. The maximum absolute atomic E-state index is 12.8. The zero-order valence-electron chi connectivity index (χ0n) is 12.8. The van der Waals surface area contributed by atoms with Crippen LogP contribution in [-0.2, 0) is 17.4 Å². The predicted molar refractivity (Wildman–Crippen MR) is 88.6 cm³/mol. The Morgan fingerprint density at radius 3 is 2.80 bits per heavy atom. The second-order valence-corrected chi connectivity index (χ2v) is 5.82. The molecule has 3 rings (SSSR count). The molecule has 0 aliphatic heterocycles. The average Bonchev–Trinajstić information content (AvgIpc) is 2.97. The first kappa shape index (κ1) is 17.3. The largest absolute Gasteiger partial charge is 0.417 e. The summed E-state index contributed by atoms with van der Waals surface area (Å²) in [6.07, 6.45) is -0.583. The van der Waals surface area contributed by atoms with Crippen molar-refractivity contribution >= 4 is 28.7 Å². The third-order valence-electron chi connectivity index (χ3n) is 3.65. The molecule has 2 heterocycles. The van der Waals surface area contributed by atoms with Crippen molar-refractivity contribution in [1.29, 1.82) is 0 Å². The van der Waals surface area contributed by atoms with Gasteiger partial charge in [-0.15, -0.1) is 0 Å². The molecule has 3 aromatic rings. The monoisotopic (exact) mass is 367 g/mol. The van der Waals surface area contributed by atoms with Gasteiger partial charge in [0.1, 0.15) is 5.82 Å². The molecule has 1 N–H and O–H groups in total. The standard InChI is InChI=1S/C17H13ClF3N3O/c18-14-5-4-11(9-13(14)17(19,20)21)23-16(25)7-6-15-22-10-12-3-1-2-8-24(12)15/h1-5,8-10H,6-7H2,(H,23,25). The Balaban J connectivity index is 1.67. The van der Waals surface area contributed by atoms with Gasteiger partial charge in [0.2, 0.25) is 5.91 Å². The Kier molecular flexibility index (Phi) is 4.67. The van der Waals surface area contributed by atoms with Crippen molar-refractivity contribution in [3.05, 3.63) is 65.2 Å². The molecule has 0 unspecified atom stereocenters. The number of nitrogens with one attached hydrogen (secondary N) is 1. The van der Waals surface area contributed by atoms with Crippen LogP contribution in [0.1, 0.15) is 17.8 Å². The van der Waals surface area contributed by atoms with Crippen LogP contribution < -0.4 is 5.32 Å². The third kappa shape index (κ3) is 3.93. The number of carbonyl (C=O) groups is 1. The van der Waals surface area contributed by atoms with Gasteiger partial charge in [0, 0.05) is 24.7 Å². The highest BCUT2D eigenvalue weighted by Crippen LogP contribution is 2.36. The first-order valence-electron chi connectivity index (χ1n) is 7.42. The molecule has 8 heteroatoms. The molecule has 0 atom stereocenters. The lowest BCUT2D eigenvalue weighted by Gasteiger charge is -2.11. The summed E-state index contributed by atoms with van der Waals surface area (Å²) in [6, 6.07) is 8.90. The Morgan fingerprint density at radius 2 is 2.04 bits per heavy atom. The van der Waals surface area contributed by atoms with Crippen LogP contribution in [0.4, 0.5) is 18.9 Å². The lowest BCUT2D eigenvalue weighted by molar-refractivity contribution is -0.137. The zero-order chi connectivity index (χ0) is 18.0. The molecule has 1 amide bonds. The van der Waals surface area contributed by atoms with Crippen molar-refractivity contribution in [2.45, 2.75) is 19.0 Å². The second-order valence-electron chi connectivity index (χ2n) is 5.41. The number of carbonyl (C=O) groups excluding carboxylic acids is 1. The third-order valence-corrected chi connectivity index (χ3v) is 3.98. The smallest absolute Gasteiger partial charge is 0.326 e. The van der Waals surface area contributed by atoms with E-state index in [1.165, 1.54) is 6.07 Å². The summed E-state index contributed by atoms with van der Waals surface area (Å²) in [6.45, 7) is 0. The zero-order valence-corrected chi connectivity index (χ0v) is 13.6. The summed E-state index contributed by atoms with van der Waals surface area (Å²) in [7, 11) is 0. The van der Waals surface area contributed by atoms with E-state index in [9.17, 15) is 18.0 Å². The first-order chi connectivity index (χ1) is 11.8. The topological polar surface area (TPSA) is 46.4 Å². The number of alkyl halides is 3. The van der Waals surface area contributed by atoms with Crippen molar-refractivity contribution in [2.24, 2.45) is 0 Å². The van der Waals surface area contributed by atoms with Gasteiger partial charge in [-0.05, 0) is 30.3 Å². The fourth-order valence-electron chi connectivity index (χ4n) is 2.45. The fourth-order valence-corrected chi connectivity index (χ4v) is 2.68. The Labute approximate surface area is 146 Å². The minimum atomic E-state index is -4.58. The highest BCUT2D eigenvalue weighted by molar-refractivity contribution is 6.31. The number of benzene rings is 1. The number of anilines is 1. The maximum atomic E-state index is 12.8. The van der Waals surface area contributed by atoms with Gasteiger partial charge in [0.15, 0.2) is 0 Å². The van der Waals surface area contributed by atoms with Gasteiger partial charge in [0.25, 0.3) is 0 Å². The van der Waals surface area contributed by atoms with Gasteiger partial charge in [-0.1, -0.05) is 17.7 Å². The molecular weight excluding hydrogens is 355 g/mol. The number of rotatable bonds is 4. The number of halogens is 4. The van der Waals surface area contributed by atoms with E-state index in [1.807, 2.05) is 28.8 Å². The van der Waals surface area contributed by atoms with E-state index in [2.05, 4.69) is 10.3 Å². The number of aromatic nitrogens is 2. The van der Waals surface area contributed by atoms with Crippen LogP contribution in [0.25, 0.3) is 5.52 Å². The number of hydrogen-bond donors (Lipinski definition) is 1. The van der Waals surface area contributed by atoms with Crippen LogP contribution in [0.2, 0.25) is 5.02 Å². The molecule has 0 aliphatic carbocycles. The summed E-state index contributed by atoms with van der Waals surface area (Å²) < 4.78 is 40.4. The van der Waals surface area contributed by atoms with Crippen molar-refractivity contribution < 1.29 is 18.0 Å². The number of amides is 1. The molecule has 0 spiro atoms. The highest BCUT2D eigenvalue weighted by atomic mass is 35.5. The van der Waals surface area contributed by atoms with Gasteiger partial charge in [-0.3, -0.25) is 4.79 Å². The Morgan fingerprint density at radius 1 is 1.24 bits per heavy atom. The van der Waals surface area contributed by atoms with E-state index in [1.54, 1.807) is 6.20 Å². The van der Waals surface area contributed by atoms with Crippen LogP contribution in [0.15, 0.2) is 48.8 Å². The normalized spacial score (nSPS) is 11.7. The molecule has 4 nitrogen and oxygen atoms in total. The summed E-state index contributed by atoms with van der Waals surface area (Å²) in [5.74, 6) is 0.306. The molecule has 0 fully saturated rings. The van der Waals surface area contributed by atoms with E-state index < -0.39 is 22.7 Å². The number of aryl methyl sites for hydroxylation is 1. The van der Waals surface area contributed by atoms with Gasteiger partial charge in [-0.2, -0.15) is 13.2 Å². The van der Waals surface area contributed by atoms with E-state index in [0.717, 1.165) is 17.6 Å². The van der Waals surface area contributed by atoms with Crippen LogP contribution in [0, 0.1) is 0 Å². The maximum Gasteiger partial charge on any atom is 0.417 e. The minimum absolute atomic E-state index is 0.0506. The molecule has 0 saturated heterocycles. The van der Waals surface area contributed by atoms with Crippen LogP contribution >= 0.6 is 11.6 Å². The van der Waals surface area contributed by atoms with E-state index in [4.69, 9.17) is 11.6 Å². The molecule has 0 radical (unpaired) electrons. The number of nitrogens with zero attached hydrogens (tertiary/aromatic N) is 2. The number of imidazole rings is 1. The quantitative estimate of drug-likeness (QED) is 0.733. The molecule has 1 aromatic carbocycles. The van der Waals surface area contributed by atoms with Crippen LogP contribution in [-0.4, -0.2) is 15.3 Å². The lowest BCUT2D eigenvalue weighted by atomic mass is 10.2. The summed E-state index contributed by atoms with van der Waals surface area (Å²) >= 11 is 5.56. The average molecular weight is 368 g/mol. The number of hydrogen-bond acceptors (Lipinski definition) is 2. The van der Waals surface area contributed by atoms with Gasteiger partial charge in [0.05, 0.1) is 22.3 Å². The van der Waals surface area contributed by atoms with Crippen molar-refractivity contribution in [2.75, 3.05) is 5.32 Å². The van der Waals surface area contributed by atoms with E-state index >= 15 is 0 Å². The summed E-state index contributed by atoms with van der Waals surface area (Å²) in [4.78, 5) is 16.3. The number of pyridine rings is 1. The molecular formula is C17H13ClF3N3O. The fraction of sp³-hybridized carbons (Fsp3) is 0.176. The van der Waals surface area contributed by atoms with Crippen molar-refractivity contribution in [1.82, 2.24) is 9.38 Å². The molecule has 25 heavy (non-hydrogen) atoms. The SMILES string of the molecule is O=C(CCc1ncc2ccccn12)Nc1ccc(Cl)c(C(F)(F)F)c1. The highest BCUT2D eigenvalue weighted by Gasteiger charge is 2.33. The van der Waals surface area contributed by atoms with Crippen molar-refractivity contribution in [3.8, 4) is 0 Å². The Hall–Kier alpha value is -2.54. The van der Waals surface area contributed by atoms with Crippen LogP contribution in [0.3, 0.4) is 0 Å². The number of fused-ring (bicyclic) bond motifs is 1. The second kappa shape index (κ2) is 6.76. The van der Waals surface area contributed by atoms with Gasteiger partial charge < -0.3 is 9.72 Å². The molecule has 0 saturated carbocycles. The Bertz CT molecular complexity index is 921.